The molecule has 1 aromatic carbocycles. The third kappa shape index (κ3) is 1.89. The van der Waals surface area contributed by atoms with Crippen LogP contribution in [-0.2, 0) is 4.79 Å². The van der Waals surface area contributed by atoms with Crippen molar-refractivity contribution in [3.05, 3.63) is 35.0 Å². The van der Waals surface area contributed by atoms with Crippen molar-refractivity contribution in [1.29, 1.82) is 0 Å². The van der Waals surface area contributed by atoms with Crippen LogP contribution in [0.15, 0.2) is 29.3 Å². The van der Waals surface area contributed by atoms with Crippen LogP contribution < -0.4 is 0 Å². The smallest absolute Gasteiger partial charge is 0.236 e. The van der Waals surface area contributed by atoms with Gasteiger partial charge < -0.3 is 0 Å². The molecule has 2 rings (SSSR count). The summed E-state index contributed by atoms with van der Waals surface area (Å²) < 4.78 is 0. The number of benzene rings is 1. The fourth-order valence-corrected chi connectivity index (χ4v) is 1.73. The summed E-state index contributed by atoms with van der Waals surface area (Å²) in [6.07, 6.45) is 1.49. The minimum Gasteiger partial charge on any atom is -0.236 e. The van der Waals surface area contributed by atoms with Gasteiger partial charge in [-0.05, 0) is 30.7 Å². The summed E-state index contributed by atoms with van der Waals surface area (Å²) in [5.41, 5.74) is 2.31. The van der Waals surface area contributed by atoms with Gasteiger partial charge in [0.1, 0.15) is 5.15 Å². The van der Waals surface area contributed by atoms with E-state index in [-0.39, 0.29) is 0 Å². The largest absolute Gasteiger partial charge is 0.240 e. The first-order valence-corrected chi connectivity index (χ1v) is 4.73. The molecule has 0 radical (unpaired) electrons. The van der Waals surface area contributed by atoms with Crippen molar-refractivity contribution in [3.8, 4) is 0 Å². The molecule has 74 valence electrons. The van der Waals surface area contributed by atoms with Crippen LogP contribution >= 0.6 is 11.6 Å². The number of aliphatic imine (C=N–C) groups is 1. The Morgan fingerprint density at radius 3 is 2.93 bits per heavy atom. The Hall–Kier alpha value is -1.70. The Balaban J connectivity index is 2.76. The summed E-state index contributed by atoms with van der Waals surface area (Å²) >= 11 is 5.83. The van der Waals surface area contributed by atoms with Gasteiger partial charge >= 0.3 is 0 Å². The summed E-state index contributed by atoms with van der Waals surface area (Å²) in [6.45, 7) is 1.96. The lowest BCUT2D eigenvalue weighted by Gasteiger charge is -2.02. The molecule has 0 spiro atoms. The Kier molecular flexibility index (Phi) is 2.50. The third-order valence-corrected chi connectivity index (χ3v) is 2.34. The normalized spacial score (nSPS) is 10.0. The minimum absolute atomic E-state index is 0.437. The molecule has 1 aromatic heterocycles. The minimum atomic E-state index is 0.437. The van der Waals surface area contributed by atoms with Gasteiger partial charge in [-0.1, -0.05) is 17.7 Å². The van der Waals surface area contributed by atoms with Crippen LogP contribution in [0.4, 0.5) is 5.69 Å². The first-order valence-electron chi connectivity index (χ1n) is 4.35. The Labute approximate surface area is 91.4 Å². The zero-order chi connectivity index (χ0) is 10.8. The van der Waals surface area contributed by atoms with Crippen molar-refractivity contribution < 1.29 is 4.79 Å². The molecule has 4 heteroatoms. The van der Waals surface area contributed by atoms with Crippen molar-refractivity contribution in [1.82, 2.24) is 4.98 Å². The summed E-state index contributed by atoms with van der Waals surface area (Å²) in [7, 11) is 0. The molecule has 0 N–H and O–H groups in total. The molecule has 15 heavy (non-hydrogen) atoms. The number of nitrogens with zero attached hydrogens (tertiary/aromatic N) is 2. The van der Waals surface area contributed by atoms with E-state index in [1.54, 1.807) is 18.2 Å². The second kappa shape index (κ2) is 3.81. The maximum absolute atomic E-state index is 10.1. The van der Waals surface area contributed by atoms with Crippen LogP contribution in [0.5, 0.6) is 0 Å². The molecule has 0 aliphatic heterocycles. The monoisotopic (exact) mass is 218 g/mol. The van der Waals surface area contributed by atoms with E-state index in [1.165, 1.54) is 6.08 Å². The maximum Gasteiger partial charge on any atom is 0.240 e. The molecule has 0 fully saturated rings. The average molecular weight is 219 g/mol. The molecule has 2 aromatic rings. The van der Waals surface area contributed by atoms with Crippen LogP contribution in [-0.4, -0.2) is 11.1 Å². The number of rotatable bonds is 1. The molecule has 0 amide bonds. The summed E-state index contributed by atoms with van der Waals surface area (Å²) in [5, 5.41) is 1.44. The molecule has 0 saturated carbocycles. The summed E-state index contributed by atoms with van der Waals surface area (Å²) in [6, 6.07) is 7.12. The lowest BCUT2D eigenvalue weighted by molar-refractivity contribution is 0.565. The van der Waals surface area contributed by atoms with Gasteiger partial charge in [-0.2, -0.15) is 4.99 Å². The highest BCUT2D eigenvalue weighted by atomic mass is 35.5. The highest BCUT2D eigenvalue weighted by molar-refractivity contribution is 6.29. The quantitative estimate of drug-likeness (QED) is 0.419. The fraction of sp³-hybridized carbons (Fsp3) is 0.0909. The predicted octanol–water partition coefficient (Wildman–Crippen LogP) is 3.16. The average Bonchev–Trinajstić information content (AvgIpc) is 2.17. The van der Waals surface area contributed by atoms with Crippen LogP contribution in [0.2, 0.25) is 5.15 Å². The van der Waals surface area contributed by atoms with Crippen molar-refractivity contribution in [2.45, 2.75) is 6.92 Å². The number of hydrogen-bond acceptors (Lipinski definition) is 3. The zero-order valence-electron chi connectivity index (χ0n) is 7.99. The molecular formula is C11H7ClN2O. The van der Waals surface area contributed by atoms with Gasteiger partial charge in [0, 0.05) is 5.39 Å². The second-order valence-electron chi connectivity index (χ2n) is 3.17. The Morgan fingerprint density at radius 2 is 2.20 bits per heavy atom. The van der Waals surface area contributed by atoms with Gasteiger partial charge in [-0.25, -0.2) is 9.78 Å². The van der Waals surface area contributed by atoms with Crippen molar-refractivity contribution in [2.75, 3.05) is 0 Å². The molecule has 0 bridgehead atoms. The number of halogens is 1. The molecular weight excluding hydrogens is 212 g/mol. The number of hydrogen-bond donors (Lipinski definition) is 0. The lowest BCUT2D eigenvalue weighted by Crippen LogP contribution is -1.83. The summed E-state index contributed by atoms with van der Waals surface area (Å²) in [4.78, 5) is 17.8. The molecule has 0 aliphatic rings. The van der Waals surface area contributed by atoms with Crippen LogP contribution in [0.25, 0.3) is 10.9 Å². The predicted molar refractivity (Wildman–Crippen MR) is 59.3 cm³/mol. The topological polar surface area (TPSA) is 42.3 Å². The van der Waals surface area contributed by atoms with Crippen molar-refractivity contribution in [3.63, 3.8) is 0 Å². The number of aromatic nitrogens is 1. The number of isocyanates is 1. The SMILES string of the molecule is Cc1cc(Cl)nc2cc(N=C=O)ccc12. The first-order chi connectivity index (χ1) is 7.20. The van der Waals surface area contributed by atoms with Crippen LogP contribution in [0.1, 0.15) is 5.56 Å². The fourth-order valence-electron chi connectivity index (χ4n) is 1.47. The molecule has 0 atom stereocenters. The third-order valence-electron chi connectivity index (χ3n) is 2.14. The first kappa shape index (κ1) is 9.84. The van der Waals surface area contributed by atoms with Gasteiger partial charge in [0.2, 0.25) is 6.08 Å². The molecule has 1 heterocycles. The van der Waals surface area contributed by atoms with E-state index in [0.717, 1.165) is 16.5 Å². The number of carbonyl (C=O) groups excluding carboxylic acids is 1. The molecule has 0 unspecified atom stereocenters. The summed E-state index contributed by atoms with van der Waals surface area (Å²) in [5.74, 6) is 0. The van der Waals surface area contributed by atoms with E-state index in [4.69, 9.17) is 11.6 Å². The van der Waals surface area contributed by atoms with E-state index in [2.05, 4.69) is 9.98 Å². The second-order valence-corrected chi connectivity index (χ2v) is 3.55. The van der Waals surface area contributed by atoms with Gasteiger partial charge in [0.05, 0.1) is 11.2 Å². The van der Waals surface area contributed by atoms with Gasteiger partial charge in [-0.3, -0.25) is 0 Å². The van der Waals surface area contributed by atoms with Crippen molar-refractivity contribution in [2.24, 2.45) is 4.99 Å². The highest BCUT2D eigenvalue weighted by Crippen LogP contribution is 2.24. The Bertz CT molecular complexity index is 574. The van der Waals surface area contributed by atoms with E-state index < -0.39 is 0 Å². The van der Waals surface area contributed by atoms with E-state index in [0.29, 0.717) is 10.8 Å². The van der Waals surface area contributed by atoms with Gasteiger partial charge in [0.25, 0.3) is 0 Å². The van der Waals surface area contributed by atoms with E-state index >= 15 is 0 Å². The number of fused-ring (bicyclic) bond motifs is 1. The molecule has 0 aliphatic carbocycles. The van der Waals surface area contributed by atoms with Crippen LogP contribution in [0.3, 0.4) is 0 Å². The Morgan fingerprint density at radius 1 is 1.40 bits per heavy atom. The van der Waals surface area contributed by atoms with Gasteiger partial charge in [0.15, 0.2) is 0 Å². The lowest BCUT2D eigenvalue weighted by atomic mass is 10.1. The molecule has 0 saturated heterocycles. The van der Waals surface area contributed by atoms with Gasteiger partial charge in [-0.15, -0.1) is 0 Å². The van der Waals surface area contributed by atoms with Crippen molar-refractivity contribution >= 4 is 34.3 Å². The molecule has 3 nitrogen and oxygen atoms in total. The zero-order valence-corrected chi connectivity index (χ0v) is 8.75. The standard InChI is InChI=1S/C11H7ClN2O/c1-7-4-11(12)14-10-5-8(13-6-15)2-3-9(7)10/h2-5H,1H3. The van der Waals surface area contributed by atoms with Crippen LogP contribution in [0, 0.1) is 6.92 Å². The number of aryl methyl sites for hydroxylation is 1. The maximum atomic E-state index is 10.1. The van der Waals surface area contributed by atoms with E-state index in [1.807, 2.05) is 13.0 Å². The number of pyridine rings is 1. The van der Waals surface area contributed by atoms with E-state index in [9.17, 15) is 4.79 Å². The highest BCUT2D eigenvalue weighted by Gasteiger charge is 2.02.